The molecule has 3 rings (SSSR count). The molecule has 0 aliphatic rings. The van der Waals surface area contributed by atoms with Gasteiger partial charge >= 0.3 is 12.1 Å². The van der Waals surface area contributed by atoms with Crippen molar-refractivity contribution in [2.24, 2.45) is 0 Å². The van der Waals surface area contributed by atoms with Crippen LogP contribution in [0.2, 0.25) is 0 Å². The Hall–Kier alpha value is -3.01. The van der Waals surface area contributed by atoms with Gasteiger partial charge in [0.15, 0.2) is 6.10 Å². The highest BCUT2D eigenvalue weighted by atomic mass is 32.2. The van der Waals surface area contributed by atoms with Gasteiger partial charge in [-0.3, -0.25) is 4.21 Å². The Kier molecular flexibility index (Phi) is 6.35. The number of hydrogen-bond acceptors (Lipinski definition) is 6. The predicted octanol–water partition coefficient (Wildman–Crippen LogP) is 4.80. The Morgan fingerprint density at radius 2 is 1.93 bits per heavy atom. The van der Waals surface area contributed by atoms with Gasteiger partial charge in [0.2, 0.25) is 5.82 Å². The van der Waals surface area contributed by atoms with E-state index in [-0.39, 0.29) is 22.8 Å². The monoisotopic (exact) mass is 438 g/mol. The molecule has 0 spiro atoms. The zero-order valence-electron chi connectivity index (χ0n) is 16.0. The minimum atomic E-state index is -4.50. The van der Waals surface area contributed by atoms with Crippen molar-refractivity contribution in [2.45, 2.75) is 31.0 Å². The summed E-state index contributed by atoms with van der Waals surface area (Å²) < 4.78 is 61.2. The van der Waals surface area contributed by atoms with E-state index in [0.29, 0.717) is 10.6 Å². The fourth-order valence-electron chi connectivity index (χ4n) is 2.62. The highest BCUT2D eigenvalue weighted by Gasteiger charge is 2.31. The average Bonchev–Trinajstić information content (AvgIpc) is 3.23. The van der Waals surface area contributed by atoms with Gasteiger partial charge in [0, 0.05) is 11.3 Å². The summed E-state index contributed by atoms with van der Waals surface area (Å²) in [6, 6.07) is 10.9. The van der Waals surface area contributed by atoms with Crippen LogP contribution in [-0.2, 0) is 21.7 Å². The number of halogens is 3. The fraction of sp³-hybridized carbons (Fsp3) is 0.250. The third kappa shape index (κ3) is 4.76. The molecule has 0 N–H and O–H groups in total. The fourth-order valence-corrected chi connectivity index (χ4v) is 3.55. The molecule has 30 heavy (non-hydrogen) atoms. The van der Waals surface area contributed by atoms with Crippen molar-refractivity contribution in [2.75, 3.05) is 5.75 Å². The molecule has 0 aliphatic heterocycles. The van der Waals surface area contributed by atoms with Crippen molar-refractivity contribution in [1.82, 2.24) is 10.1 Å². The number of esters is 1. The summed E-state index contributed by atoms with van der Waals surface area (Å²) in [4.78, 5) is 16.9. The van der Waals surface area contributed by atoms with E-state index in [1.165, 1.54) is 25.1 Å². The van der Waals surface area contributed by atoms with E-state index in [2.05, 4.69) is 10.1 Å². The standard InChI is InChI=1S/C20H17F3N2O4S/c1-3-30(27)16-10-5-4-9-15(16)19(26)28-12(2)18-24-17(25-29-18)13-7-6-8-14(11-13)20(21,22)23/h4-12H,3H2,1-2H3/t12-,30-/m0/s1. The van der Waals surface area contributed by atoms with E-state index >= 15 is 0 Å². The summed E-state index contributed by atoms with van der Waals surface area (Å²) in [5.74, 6) is -0.529. The van der Waals surface area contributed by atoms with Crippen molar-refractivity contribution in [3.05, 3.63) is 65.5 Å². The van der Waals surface area contributed by atoms with Crippen LogP contribution in [-0.4, -0.2) is 26.1 Å². The van der Waals surface area contributed by atoms with Crippen molar-refractivity contribution >= 4 is 16.8 Å². The number of ether oxygens (including phenoxy) is 1. The molecule has 0 aliphatic carbocycles. The summed E-state index contributed by atoms with van der Waals surface area (Å²) in [7, 11) is -1.36. The molecule has 2 aromatic carbocycles. The third-order valence-corrected chi connectivity index (χ3v) is 5.51. The molecule has 0 bridgehead atoms. The molecule has 0 saturated heterocycles. The molecule has 3 aromatic rings. The maximum Gasteiger partial charge on any atom is 0.416 e. The van der Waals surface area contributed by atoms with Crippen LogP contribution < -0.4 is 0 Å². The highest BCUT2D eigenvalue weighted by molar-refractivity contribution is 7.85. The smallest absolute Gasteiger partial charge is 0.416 e. The Bertz CT molecular complexity index is 1080. The number of aromatic nitrogens is 2. The summed E-state index contributed by atoms with van der Waals surface area (Å²) >= 11 is 0. The zero-order valence-corrected chi connectivity index (χ0v) is 16.8. The molecule has 1 aromatic heterocycles. The first-order valence-corrected chi connectivity index (χ1v) is 10.2. The summed E-state index contributed by atoms with van der Waals surface area (Å²) in [6.45, 7) is 3.22. The number of hydrogen-bond donors (Lipinski definition) is 0. The second-order valence-electron chi connectivity index (χ2n) is 6.21. The van der Waals surface area contributed by atoms with Gasteiger partial charge in [-0.05, 0) is 31.2 Å². The number of benzene rings is 2. The van der Waals surface area contributed by atoms with Gasteiger partial charge in [-0.15, -0.1) is 0 Å². The molecule has 158 valence electrons. The molecule has 0 saturated carbocycles. The van der Waals surface area contributed by atoms with Crippen LogP contribution in [0.15, 0.2) is 57.9 Å². The lowest BCUT2D eigenvalue weighted by atomic mass is 10.1. The van der Waals surface area contributed by atoms with Gasteiger partial charge < -0.3 is 9.26 Å². The predicted molar refractivity (Wildman–Crippen MR) is 102 cm³/mol. The molecule has 1 heterocycles. The Balaban J connectivity index is 1.79. The Morgan fingerprint density at radius 1 is 1.20 bits per heavy atom. The summed E-state index contributed by atoms with van der Waals surface area (Å²) in [5.41, 5.74) is -0.574. The second kappa shape index (κ2) is 8.78. The first-order valence-electron chi connectivity index (χ1n) is 8.90. The van der Waals surface area contributed by atoms with Gasteiger partial charge in [-0.25, -0.2) is 4.79 Å². The van der Waals surface area contributed by atoms with Crippen LogP contribution in [0.1, 0.15) is 41.8 Å². The Labute approximate surface area is 172 Å². The van der Waals surface area contributed by atoms with Gasteiger partial charge in [0.25, 0.3) is 5.89 Å². The average molecular weight is 438 g/mol. The van der Waals surface area contributed by atoms with Crippen LogP contribution in [0.3, 0.4) is 0 Å². The maximum atomic E-state index is 12.9. The van der Waals surface area contributed by atoms with E-state index in [0.717, 1.165) is 12.1 Å². The van der Waals surface area contributed by atoms with Crippen molar-refractivity contribution in [3.63, 3.8) is 0 Å². The lowest BCUT2D eigenvalue weighted by molar-refractivity contribution is -0.137. The number of carbonyl (C=O) groups excluding carboxylic acids is 1. The van der Waals surface area contributed by atoms with Gasteiger partial charge in [-0.2, -0.15) is 18.2 Å². The van der Waals surface area contributed by atoms with E-state index in [4.69, 9.17) is 9.26 Å². The van der Waals surface area contributed by atoms with E-state index in [1.54, 1.807) is 25.1 Å². The lowest BCUT2D eigenvalue weighted by Crippen LogP contribution is -2.12. The SMILES string of the molecule is CC[S@](=O)c1ccccc1C(=O)O[C@@H](C)c1nc(-c2cccc(C(F)(F)F)c2)no1. The Morgan fingerprint density at radius 3 is 2.63 bits per heavy atom. The second-order valence-corrected chi connectivity index (χ2v) is 7.92. The van der Waals surface area contributed by atoms with E-state index < -0.39 is 34.6 Å². The maximum absolute atomic E-state index is 12.9. The van der Waals surface area contributed by atoms with Crippen LogP contribution >= 0.6 is 0 Å². The molecule has 0 amide bonds. The lowest BCUT2D eigenvalue weighted by Gasteiger charge is -2.11. The third-order valence-electron chi connectivity index (χ3n) is 4.14. The molecule has 2 atom stereocenters. The van der Waals surface area contributed by atoms with Crippen LogP contribution in [0.4, 0.5) is 13.2 Å². The normalized spacial score (nSPS) is 13.6. The topological polar surface area (TPSA) is 82.3 Å². The van der Waals surface area contributed by atoms with Crippen LogP contribution in [0.5, 0.6) is 0 Å². The molecule has 0 radical (unpaired) electrons. The first kappa shape index (κ1) is 21.7. The van der Waals surface area contributed by atoms with Gasteiger partial charge in [-0.1, -0.05) is 36.3 Å². The van der Waals surface area contributed by atoms with Crippen molar-refractivity contribution < 1.29 is 31.4 Å². The number of rotatable bonds is 6. The first-order chi connectivity index (χ1) is 14.2. The minimum Gasteiger partial charge on any atom is -0.449 e. The summed E-state index contributed by atoms with van der Waals surface area (Å²) in [5, 5.41) is 3.68. The molecular formula is C20H17F3N2O4S. The molecular weight excluding hydrogens is 421 g/mol. The minimum absolute atomic E-state index is 0.0634. The van der Waals surface area contributed by atoms with Crippen molar-refractivity contribution in [1.29, 1.82) is 0 Å². The zero-order chi connectivity index (χ0) is 21.9. The van der Waals surface area contributed by atoms with Crippen molar-refractivity contribution in [3.8, 4) is 11.4 Å². The quantitative estimate of drug-likeness (QED) is 0.514. The molecule has 6 nitrogen and oxygen atoms in total. The molecule has 10 heteroatoms. The number of carbonyl (C=O) groups is 1. The van der Waals surface area contributed by atoms with Gasteiger partial charge in [0.05, 0.1) is 26.8 Å². The largest absolute Gasteiger partial charge is 0.449 e. The molecule has 0 unspecified atom stereocenters. The summed E-state index contributed by atoms with van der Waals surface area (Å²) in [6.07, 6.45) is -5.47. The highest BCUT2D eigenvalue weighted by Crippen LogP contribution is 2.32. The van der Waals surface area contributed by atoms with Gasteiger partial charge in [0.1, 0.15) is 0 Å². The van der Waals surface area contributed by atoms with E-state index in [9.17, 15) is 22.2 Å². The van der Waals surface area contributed by atoms with Crippen LogP contribution in [0.25, 0.3) is 11.4 Å². The molecule has 0 fully saturated rings. The van der Waals surface area contributed by atoms with E-state index in [1.807, 2.05) is 0 Å². The number of nitrogens with zero attached hydrogens (tertiary/aromatic N) is 2. The van der Waals surface area contributed by atoms with Crippen LogP contribution in [0, 0.1) is 0 Å². The number of alkyl halides is 3.